The zero-order valence-corrected chi connectivity index (χ0v) is 15.6. The van der Waals surface area contributed by atoms with Crippen molar-refractivity contribution in [2.75, 3.05) is 18.1 Å². The molecule has 1 N–H and O–H groups in total. The lowest BCUT2D eigenvalue weighted by Crippen LogP contribution is -2.27. The minimum absolute atomic E-state index is 0.0185. The molecule has 1 aromatic carbocycles. The third kappa shape index (κ3) is 4.83. The number of rotatable bonds is 7. The first-order valence-electron chi connectivity index (χ1n) is 7.67. The minimum Gasteiger partial charge on any atom is -0.467 e. The predicted molar refractivity (Wildman–Crippen MR) is 100 cm³/mol. The van der Waals surface area contributed by atoms with Crippen LogP contribution in [0.25, 0.3) is 0 Å². The van der Waals surface area contributed by atoms with E-state index in [0.717, 1.165) is 21.4 Å². The molecule has 0 atom stereocenters. The van der Waals surface area contributed by atoms with Crippen molar-refractivity contribution in [3.8, 4) is 0 Å². The van der Waals surface area contributed by atoms with Gasteiger partial charge in [0.1, 0.15) is 5.76 Å². The minimum atomic E-state index is 0.0185. The number of aryl methyl sites for hydroxylation is 1. The van der Waals surface area contributed by atoms with Crippen LogP contribution in [-0.2, 0) is 11.3 Å². The molecule has 6 nitrogen and oxygen atoms in total. The fourth-order valence-corrected chi connectivity index (χ4v) is 3.81. The second-order valence-corrected chi connectivity index (χ2v) is 7.63. The van der Waals surface area contributed by atoms with E-state index in [1.54, 1.807) is 18.2 Å². The number of carbonyl (C=O) groups is 1. The van der Waals surface area contributed by atoms with E-state index in [1.807, 2.05) is 43.3 Å². The Morgan fingerprint density at radius 1 is 1.28 bits per heavy atom. The van der Waals surface area contributed by atoms with Crippen LogP contribution in [0.2, 0.25) is 0 Å². The zero-order chi connectivity index (χ0) is 17.6. The monoisotopic (exact) mass is 374 g/mol. The van der Waals surface area contributed by atoms with Gasteiger partial charge in [0.15, 0.2) is 4.34 Å². The van der Waals surface area contributed by atoms with Crippen molar-refractivity contribution >= 4 is 39.8 Å². The molecular formula is C17H18N4O2S2. The first kappa shape index (κ1) is 17.5. The second-order valence-electron chi connectivity index (χ2n) is 5.43. The number of para-hydroxylation sites is 1. The summed E-state index contributed by atoms with van der Waals surface area (Å²) < 4.78 is 6.02. The van der Waals surface area contributed by atoms with Crippen LogP contribution in [0.15, 0.2) is 51.4 Å². The Morgan fingerprint density at radius 2 is 2.12 bits per heavy atom. The van der Waals surface area contributed by atoms with Gasteiger partial charge in [0.05, 0.1) is 18.6 Å². The van der Waals surface area contributed by atoms with E-state index in [0.29, 0.717) is 17.4 Å². The molecule has 0 saturated carbocycles. The SMILES string of the molecule is Cc1ccccc1Nc1nnc(SCC(=O)N(C)Cc2ccco2)s1. The number of benzene rings is 1. The summed E-state index contributed by atoms with van der Waals surface area (Å²) in [7, 11) is 1.76. The first-order chi connectivity index (χ1) is 12.1. The highest BCUT2D eigenvalue weighted by Gasteiger charge is 2.13. The van der Waals surface area contributed by atoms with Crippen molar-refractivity contribution in [1.82, 2.24) is 15.1 Å². The van der Waals surface area contributed by atoms with Crippen LogP contribution in [0.3, 0.4) is 0 Å². The average molecular weight is 374 g/mol. The summed E-state index contributed by atoms with van der Waals surface area (Å²) in [4.78, 5) is 13.8. The Morgan fingerprint density at radius 3 is 2.88 bits per heavy atom. The van der Waals surface area contributed by atoms with Crippen LogP contribution >= 0.6 is 23.1 Å². The van der Waals surface area contributed by atoms with Crippen LogP contribution < -0.4 is 5.32 Å². The Hall–Kier alpha value is -2.32. The number of anilines is 2. The van der Waals surface area contributed by atoms with Gasteiger partial charge in [0.25, 0.3) is 0 Å². The molecule has 0 aliphatic heterocycles. The molecule has 3 aromatic rings. The summed E-state index contributed by atoms with van der Waals surface area (Å²) in [6.45, 7) is 2.50. The number of hydrogen-bond donors (Lipinski definition) is 1. The van der Waals surface area contributed by atoms with E-state index < -0.39 is 0 Å². The Labute approximate surface area is 154 Å². The number of amides is 1. The Kier molecular flexibility index (Phi) is 5.72. The second kappa shape index (κ2) is 8.17. The van der Waals surface area contributed by atoms with Gasteiger partial charge < -0.3 is 14.6 Å². The zero-order valence-electron chi connectivity index (χ0n) is 13.9. The van der Waals surface area contributed by atoms with Crippen molar-refractivity contribution in [3.63, 3.8) is 0 Å². The van der Waals surface area contributed by atoms with Gasteiger partial charge >= 0.3 is 0 Å². The van der Waals surface area contributed by atoms with Gasteiger partial charge in [-0.15, -0.1) is 10.2 Å². The fourth-order valence-electron chi connectivity index (χ4n) is 2.11. The molecule has 0 saturated heterocycles. The molecule has 2 heterocycles. The molecule has 0 unspecified atom stereocenters. The van der Waals surface area contributed by atoms with Crippen molar-refractivity contribution in [1.29, 1.82) is 0 Å². The summed E-state index contributed by atoms with van der Waals surface area (Å²) in [6, 6.07) is 11.7. The van der Waals surface area contributed by atoms with Crippen molar-refractivity contribution < 1.29 is 9.21 Å². The molecule has 3 rings (SSSR count). The van der Waals surface area contributed by atoms with E-state index >= 15 is 0 Å². The van der Waals surface area contributed by atoms with Crippen LogP contribution in [-0.4, -0.2) is 33.8 Å². The third-order valence-corrected chi connectivity index (χ3v) is 5.47. The molecule has 0 aliphatic carbocycles. The number of nitrogens with zero attached hydrogens (tertiary/aromatic N) is 3. The third-order valence-electron chi connectivity index (χ3n) is 3.51. The van der Waals surface area contributed by atoms with Gasteiger partial charge in [-0.1, -0.05) is 41.3 Å². The normalized spacial score (nSPS) is 10.6. The fraction of sp³-hybridized carbons (Fsp3) is 0.235. The quantitative estimate of drug-likeness (QED) is 0.632. The number of carbonyl (C=O) groups excluding carboxylic acids is 1. The molecule has 0 bridgehead atoms. The predicted octanol–water partition coefficient (Wildman–Crippen LogP) is 3.93. The lowest BCUT2D eigenvalue weighted by atomic mass is 10.2. The summed E-state index contributed by atoms with van der Waals surface area (Å²) in [5, 5.41) is 12.2. The van der Waals surface area contributed by atoms with E-state index in [1.165, 1.54) is 23.1 Å². The molecule has 25 heavy (non-hydrogen) atoms. The van der Waals surface area contributed by atoms with E-state index in [2.05, 4.69) is 15.5 Å². The standard InChI is InChI=1S/C17H18N4O2S2/c1-12-6-3-4-8-14(12)18-16-19-20-17(25-16)24-11-15(22)21(2)10-13-7-5-9-23-13/h3-9H,10-11H2,1-2H3,(H,18,19). The summed E-state index contributed by atoms with van der Waals surface area (Å²) in [5.41, 5.74) is 2.14. The maximum absolute atomic E-state index is 12.2. The van der Waals surface area contributed by atoms with Crippen molar-refractivity contribution in [2.24, 2.45) is 0 Å². The van der Waals surface area contributed by atoms with Crippen LogP contribution in [0.4, 0.5) is 10.8 Å². The highest BCUT2D eigenvalue weighted by atomic mass is 32.2. The summed E-state index contributed by atoms with van der Waals surface area (Å²) >= 11 is 2.82. The summed E-state index contributed by atoms with van der Waals surface area (Å²) in [6.07, 6.45) is 1.60. The van der Waals surface area contributed by atoms with Crippen LogP contribution in [0.1, 0.15) is 11.3 Å². The van der Waals surface area contributed by atoms with Gasteiger partial charge in [-0.05, 0) is 30.7 Å². The molecule has 0 fully saturated rings. The average Bonchev–Trinajstić information content (AvgIpc) is 3.26. The Bertz CT molecular complexity index is 833. The molecule has 8 heteroatoms. The highest BCUT2D eigenvalue weighted by Crippen LogP contribution is 2.28. The van der Waals surface area contributed by atoms with Gasteiger partial charge in [0.2, 0.25) is 11.0 Å². The number of thioether (sulfide) groups is 1. The first-order valence-corrected chi connectivity index (χ1v) is 9.47. The maximum atomic E-state index is 12.2. The summed E-state index contributed by atoms with van der Waals surface area (Å²) in [5.74, 6) is 1.10. The van der Waals surface area contributed by atoms with E-state index in [9.17, 15) is 4.79 Å². The van der Waals surface area contributed by atoms with Crippen molar-refractivity contribution in [3.05, 3.63) is 54.0 Å². The molecule has 0 aliphatic rings. The van der Waals surface area contributed by atoms with Crippen molar-refractivity contribution in [2.45, 2.75) is 17.8 Å². The smallest absolute Gasteiger partial charge is 0.233 e. The Balaban J connectivity index is 1.51. The molecule has 0 radical (unpaired) electrons. The highest BCUT2D eigenvalue weighted by molar-refractivity contribution is 8.01. The van der Waals surface area contributed by atoms with Gasteiger partial charge in [-0.25, -0.2) is 0 Å². The molecule has 0 spiro atoms. The number of nitrogens with one attached hydrogen (secondary N) is 1. The topological polar surface area (TPSA) is 71.3 Å². The lowest BCUT2D eigenvalue weighted by Gasteiger charge is -2.14. The molecule has 2 aromatic heterocycles. The maximum Gasteiger partial charge on any atom is 0.233 e. The number of aromatic nitrogens is 2. The van der Waals surface area contributed by atoms with Gasteiger partial charge in [-0.2, -0.15) is 0 Å². The van der Waals surface area contributed by atoms with Crippen LogP contribution in [0.5, 0.6) is 0 Å². The van der Waals surface area contributed by atoms with E-state index in [-0.39, 0.29) is 5.91 Å². The molecular weight excluding hydrogens is 356 g/mol. The van der Waals surface area contributed by atoms with Gasteiger partial charge in [0, 0.05) is 12.7 Å². The number of furan rings is 1. The van der Waals surface area contributed by atoms with Gasteiger partial charge in [-0.3, -0.25) is 4.79 Å². The van der Waals surface area contributed by atoms with E-state index in [4.69, 9.17) is 4.42 Å². The largest absolute Gasteiger partial charge is 0.467 e. The molecule has 1 amide bonds. The number of hydrogen-bond acceptors (Lipinski definition) is 7. The lowest BCUT2D eigenvalue weighted by molar-refractivity contribution is -0.127. The van der Waals surface area contributed by atoms with Crippen LogP contribution in [0, 0.1) is 6.92 Å². The molecule has 130 valence electrons.